The van der Waals surface area contributed by atoms with Crippen LogP contribution < -0.4 is 4.74 Å². The molecule has 1 fully saturated rings. The molecule has 5 rings (SSSR count). The van der Waals surface area contributed by atoms with E-state index < -0.39 is 5.97 Å². The van der Waals surface area contributed by atoms with E-state index in [0.29, 0.717) is 34.9 Å². The molecule has 0 radical (unpaired) electrons. The van der Waals surface area contributed by atoms with Crippen LogP contribution in [0.1, 0.15) is 54.1 Å². The molecule has 0 unspecified atom stereocenters. The third-order valence-electron chi connectivity index (χ3n) is 7.56. The summed E-state index contributed by atoms with van der Waals surface area (Å²) in [4.78, 5) is 18.4. The first kappa shape index (κ1) is 23.8. The van der Waals surface area contributed by atoms with Crippen molar-refractivity contribution in [3.05, 3.63) is 59.2 Å². The van der Waals surface area contributed by atoms with Crippen LogP contribution in [0.3, 0.4) is 0 Å². The zero-order valence-corrected chi connectivity index (χ0v) is 21.5. The third-order valence-corrected chi connectivity index (χ3v) is 8.86. The van der Waals surface area contributed by atoms with E-state index in [1.54, 1.807) is 24.5 Å². The van der Waals surface area contributed by atoms with Crippen LogP contribution in [0.5, 0.6) is 5.75 Å². The molecule has 1 aliphatic rings. The average molecular weight is 490 g/mol. The Hall–Kier alpha value is -2.96. The Morgan fingerprint density at radius 2 is 1.91 bits per heavy atom. The van der Waals surface area contributed by atoms with E-state index in [1.807, 2.05) is 31.2 Å². The molecule has 182 valence electrons. The molecular formula is C29H31NO4S. The predicted molar refractivity (Wildman–Crippen MR) is 142 cm³/mol. The normalized spacial score (nSPS) is 20.4. The fourth-order valence-corrected chi connectivity index (χ4v) is 6.30. The van der Waals surface area contributed by atoms with Crippen molar-refractivity contribution < 1.29 is 19.4 Å². The quantitative estimate of drug-likeness (QED) is 0.305. The molecule has 0 bridgehead atoms. The number of ether oxygens (including phenoxy) is 2. The lowest BCUT2D eigenvalue weighted by atomic mass is 9.80. The number of carboxylic acid groups (broad SMARTS) is 1. The number of hydrogen-bond acceptors (Lipinski definition) is 5. The minimum Gasteiger partial charge on any atom is -0.493 e. The van der Waals surface area contributed by atoms with Crippen molar-refractivity contribution in [3.63, 3.8) is 0 Å². The first-order chi connectivity index (χ1) is 16.8. The number of thiophene rings is 1. The SMILES string of the molecule is CO[C@]1(C)CC[C@@H](COc2ccc(C)c3nc(-c4sc5ccccc5c4C)cc(C(=O)O)c23)CC1. The monoisotopic (exact) mass is 489 g/mol. The maximum atomic E-state index is 12.4. The second-order valence-electron chi connectivity index (χ2n) is 9.93. The van der Waals surface area contributed by atoms with Crippen molar-refractivity contribution in [2.24, 2.45) is 5.92 Å². The maximum Gasteiger partial charge on any atom is 0.336 e. The van der Waals surface area contributed by atoms with Gasteiger partial charge in [0, 0.05) is 11.8 Å². The van der Waals surface area contributed by atoms with Crippen molar-refractivity contribution in [3.8, 4) is 16.3 Å². The number of aromatic carboxylic acids is 1. The highest BCUT2D eigenvalue weighted by molar-refractivity contribution is 7.22. The summed E-state index contributed by atoms with van der Waals surface area (Å²) in [5.41, 5.74) is 3.62. The van der Waals surface area contributed by atoms with Crippen LogP contribution in [0.4, 0.5) is 0 Å². The van der Waals surface area contributed by atoms with Gasteiger partial charge in [-0.05, 0) is 87.1 Å². The fourth-order valence-electron chi connectivity index (χ4n) is 5.13. The number of carbonyl (C=O) groups is 1. The third kappa shape index (κ3) is 4.41. The number of methoxy groups -OCH3 is 1. The highest BCUT2D eigenvalue weighted by Gasteiger charge is 2.31. The first-order valence-electron chi connectivity index (χ1n) is 12.1. The second kappa shape index (κ2) is 9.25. The van der Waals surface area contributed by atoms with Crippen LogP contribution in [0.2, 0.25) is 0 Å². The van der Waals surface area contributed by atoms with Crippen LogP contribution >= 0.6 is 11.3 Å². The van der Waals surface area contributed by atoms with Crippen molar-refractivity contribution in [2.75, 3.05) is 13.7 Å². The molecule has 4 aromatic rings. The Bertz CT molecular complexity index is 1420. The minimum absolute atomic E-state index is 0.0470. The lowest BCUT2D eigenvalue weighted by molar-refractivity contribution is -0.0377. The number of benzene rings is 2. The summed E-state index contributed by atoms with van der Waals surface area (Å²) in [6.45, 7) is 6.77. The van der Waals surface area contributed by atoms with Crippen molar-refractivity contribution in [1.29, 1.82) is 0 Å². The molecule has 1 aliphatic carbocycles. The predicted octanol–water partition coefficient (Wildman–Crippen LogP) is 7.41. The minimum atomic E-state index is -0.971. The van der Waals surface area contributed by atoms with E-state index in [4.69, 9.17) is 14.5 Å². The van der Waals surface area contributed by atoms with Crippen molar-refractivity contribution >= 4 is 38.3 Å². The van der Waals surface area contributed by atoms with E-state index >= 15 is 0 Å². The summed E-state index contributed by atoms with van der Waals surface area (Å²) in [6.07, 6.45) is 4.08. The number of hydrogen-bond donors (Lipinski definition) is 1. The summed E-state index contributed by atoms with van der Waals surface area (Å²) in [5, 5.41) is 11.9. The number of nitrogens with zero attached hydrogens (tertiary/aromatic N) is 1. The molecule has 0 saturated heterocycles. The van der Waals surface area contributed by atoms with Gasteiger partial charge in [-0.2, -0.15) is 0 Å². The number of carboxylic acids is 1. The Morgan fingerprint density at radius 3 is 2.60 bits per heavy atom. The molecule has 0 aliphatic heterocycles. The van der Waals surface area contributed by atoms with Crippen LogP contribution in [0.25, 0.3) is 31.6 Å². The van der Waals surface area contributed by atoms with Gasteiger partial charge in [-0.3, -0.25) is 0 Å². The van der Waals surface area contributed by atoms with E-state index in [-0.39, 0.29) is 11.2 Å². The fraction of sp³-hybridized carbons (Fsp3) is 0.379. The highest BCUT2D eigenvalue weighted by atomic mass is 32.1. The highest BCUT2D eigenvalue weighted by Crippen LogP contribution is 2.41. The molecule has 1 N–H and O–H groups in total. The van der Waals surface area contributed by atoms with Crippen LogP contribution in [0.15, 0.2) is 42.5 Å². The van der Waals surface area contributed by atoms with Gasteiger partial charge in [-0.15, -0.1) is 11.3 Å². The summed E-state index contributed by atoms with van der Waals surface area (Å²) in [5.74, 6) is 0.0490. The first-order valence-corrected chi connectivity index (χ1v) is 13.0. The Balaban J connectivity index is 1.53. The number of fused-ring (bicyclic) bond motifs is 2. The van der Waals surface area contributed by atoms with Gasteiger partial charge in [-0.1, -0.05) is 24.3 Å². The molecule has 35 heavy (non-hydrogen) atoms. The molecular weight excluding hydrogens is 458 g/mol. The average Bonchev–Trinajstić information content (AvgIpc) is 3.20. The lowest BCUT2D eigenvalue weighted by Crippen LogP contribution is -2.34. The summed E-state index contributed by atoms with van der Waals surface area (Å²) in [6, 6.07) is 13.8. The zero-order valence-electron chi connectivity index (χ0n) is 20.7. The van der Waals surface area contributed by atoms with Crippen LogP contribution in [-0.2, 0) is 4.74 Å². The van der Waals surface area contributed by atoms with E-state index in [0.717, 1.165) is 41.7 Å². The molecule has 2 heterocycles. The summed E-state index contributed by atoms with van der Waals surface area (Å²) in [7, 11) is 1.78. The second-order valence-corrected chi connectivity index (χ2v) is 11.0. The molecule has 2 aromatic heterocycles. The Kier molecular flexibility index (Phi) is 6.28. The number of rotatable bonds is 6. The molecule has 2 aromatic carbocycles. The topological polar surface area (TPSA) is 68.7 Å². The molecule has 0 spiro atoms. The molecule has 1 saturated carbocycles. The molecule has 5 nitrogen and oxygen atoms in total. The number of aromatic nitrogens is 1. The Morgan fingerprint density at radius 1 is 1.17 bits per heavy atom. The van der Waals surface area contributed by atoms with Gasteiger partial charge in [0.15, 0.2) is 0 Å². The van der Waals surface area contributed by atoms with Gasteiger partial charge in [-0.25, -0.2) is 9.78 Å². The van der Waals surface area contributed by atoms with Gasteiger partial charge in [0.1, 0.15) is 5.75 Å². The van der Waals surface area contributed by atoms with Gasteiger partial charge < -0.3 is 14.6 Å². The standard InChI is InChI=1S/C29H31NO4S/c1-17-9-10-23(34-16-19-11-13-29(3,33-4)14-12-19)25-21(28(31)32)15-22(30-26(17)25)27-18(2)20-7-5-6-8-24(20)35-27/h5-10,15,19H,11-14,16H2,1-4H3,(H,31,32)/t19-,29-. The van der Waals surface area contributed by atoms with Crippen molar-refractivity contribution in [2.45, 2.75) is 52.1 Å². The van der Waals surface area contributed by atoms with E-state index in [1.165, 1.54) is 10.1 Å². The van der Waals surface area contributed by atoms with E-state index in [2.05, 4.69) is 26.0 Å². The lowest BCUT2D eigenvalue weighted by Gasteiger charge is -2.36. The van der Waals surface area contributed by atoms with E-state index in [9.17, 15) is 9.90 Å². The maximum absolute atomic E-state index is 12.4. The van der Waals surface area contributed by atoms with Crippen LogP contribution in [0, 0.1) is 19.8 Å². The smallest absolute Gasteiger partial charge is 0.336 e. The van der Waals surface area contributed by atoms with Gasteiger partial charge >= 0.3 is 5.97 Å². The largest absolute Gasteiger partial charge is 0.493 e. The van der Waals surface area contributed by atoms with Crippen molar-refractivity contribution in [1.82, 2.24) is 4.98 Å². The van der Waals surface area contributed by atoms with Gasteiger partial charge in [0.25, 0.3) is 0 Å². The zero-order chi connectivity index (χ0) is 24.7. The Labute approximate surface area is 209 Å². The number of pyridine rings is 1. The summed E-state index contributed by atoms with van der Waals surface area (Å²) < 4.78 is 13.1. The summed E-state index contributed by atoms with van der Waals surface area (Å²) >= 11 is 1.65. The van der Waals surface area contributed by atoms with Gasteiger partial charge in [0.2, 0.25) is 0 Å². The number of aryl methyl sites for hydroxylation is 2. The molecule has 6 heteroatoms. The molecule has 0 atom stereocenters. The molecule has 0 amide bonds. The van der Waals surface area contributed by atoms with Crippen LogP contribution in [-0.4, -0.2) is 35.4 Å². The van der Waals surface area contributed by atoms with Gasteiger partial charge in [0.05, 0.1) is 39.2 Å².